The van der Waals surface area contributed by atoms with Gasteiger partial charge in [-0.1, -0.05) is 32.0 Å². The van der Waals surface area contributed by atoms with Crippen LogP contribution in [0.4, 0.5) is 0 Å². The van der Waals surface area contributed by atoms with Gasteiger partial charge in [0.25, 0.3) is 0 Å². The first-order valence-corrected chi connectivity index (χ1v) is 12.1. The van der Waals surface area contributed by atoms with Gasteiger partial charge in [0, 0.05) is 17.1 Å². The van der Waals surface area contributed by atoms with Crippen LogP contribution in [0.1, 0.15) is 39.2 Å². The molecular formula is C25H35N5O8. The lowest BCUT2D eigenvalue weighted by atomic mass is 10.0. The van der Waals surface area contributed by atoms with E-state index >= 15 is 0 Å². The molecule has 13 heteroatoms. The molecule has 0 spiro atoms. The summed E-state index contributed by atoms with van der Waals surface area (Å²) in [4.78, 5) is 64.3. The van der Waals surface area contributed by atoms with Crippen LogP contribution in [0.15, 0.2) is 30.5 Å². The number of nitrogens with one attached hydrogen (secondary N) is 4. The maximum absolute atomic E-state index is 12.9. The predicted molar refractivity (Wildman–Crippen MR) is 137 cm³/mol. The van der Waals surface area contributed by atoms with E-state index in [0.29, 0.717) is 0 Å². The summed E-state index contributed by atoms with van der Waals surface area (Å²) >= 11 is 0. The third-order valence-corrected chi connectivity index (χ3v) is 5.85. The molecule has 2 rings (SSSR count). The molecule has 9 N–H and O–H groups in total. The van der Waals surface area contributed by atoms with Crippen molar-refractivity contribution in [2.45, 2.75) is 70.3 Å². The van der Waals surface area contributed by atoms with Crippen LogP contribution in [0.25, 0.3) is 10.9 Å². The number of carboxylic acids is 2. The highest BCUT2D eigenvalue weighted by Gasteiger charge is 2.33. The number of aliphatic hydroxyl groups is 1. The summed E-state index contributed by atoms with van der Waals surface area (Å²) < 4.78 is 0. The number of benzene rings is 1. The maximum atomic E-state index is 12.9. The molecule has 0 aliphatic carbocycles. The second-order valence-corrected chi connectivity index (χ2v) is 9.58. The van der Waals surface area contributed by atoms with E-state index in [1.807, 2.05) is 24.3 Å². The van der Waals surface area contributed by atoms with Crippen LogP contribution in [0.3, 0.4) is 0 Å². The third-order valence-electron chi connectivity index (χ3n) is 5.85. The number of hydrogen-bond acceptors (Lipinski definition) is 7. The van der Waals surface area contributed by atoms with E-state index < -0.39 is 66.4 Å². The average molecular weight is 534 g/mol. The van der Waals surface area contributed by atoms with E-state index in [0.717, 1.165) is 16.5 Å². The number of aromatic amines is 1. The Morgan fingerprint density at radius 1 is 0.921 bits per heavy atom. The Labute approximate surface area is 219 Å². The first-order valence-electron chi connectivity index (χ1n) is 12.1. The number of fused-ring (bicyclic) bond motifs is 1. The first-order chi connectivity index (χ1) is 17.8. The van der Waals surface area contributed by atoms with Gasteiger partial charge < -0.3 is 42.0 Å². The normalized spacial score (nSPS) is 15.2. The second-order valence-electron chi connectivity index (χ2n) is 9.58. The zero-order valence-electron chi connectivity index (χ0n) is 21.4. The lowest BCUT2D eigenvalue weighted by molar-refractivity contribution is -0.144. The highest BCUT2D eigenvalue weighted by molar-refractivity contribution is 5.96. The molecule has 0 aliphatic rings. The molecule has 0 fully saturated rings. The Kier molecular flexibility index (Phi) is 10.8. The number of aliphatic hydroxyl groups excluding tert-OH is 1. The molecule has 1 aromatic carbocycles. The standard InChI is InChI=1S/C25H35N5O8/c1-12(2)8-19(25(37)38)29-24(36)21(13(3)31)30-23(35)18(10-20(32)33)28-22(34)16(26)9-14-11-27-17-7-5-4-6-15(14)17/h4-7,11-13,16,18-19,21,27,31H,8-10,26H2,1-3H3,(H,28,34)(H,29,36)(H,30,35)(H,32,33)(H,37,38). The molecule has 1 aromatic heterocycles. The summed E-state index contributed by atoms with van der Waals surface area (Å²) in [6, 6.07) is 1.77. The van der Waals surface area contributed by atoms with Gasteiger partial charge >= 0.3 is 11.9 Å². The molecule has 5 atom stereocenters. The molecule has 0 bridgehead atoms. The lowest BCUT2D eigenvalue weighted by Gasteiger charge is -2.26. The number of aliphatic carboxylic acids is 2. The van der Waals surface area contributed by atoms with Crippen molar-refractivity contribution in [3.63, 3.8) is 0 Å². The Morgan fingerprint density at radius 2 is 1.55 bits per heavy atom. The van der Waals surface area contributed by atoms with Crippen LogP contribution >= 0.6 is 0 Å². The molecule has 5 unspecified atom stereocenters. The summed E-state index contributed by atoms with van der Waals surface area (Å²) in [5.74, 6) is -5.59. The minimum absolute atomic E-state index is 0.0698. The van der Waals surface area contributed by atoms with Gasteiger partial charge in [0.2, 0.25) is 17.7 Å². The highest BCUT2D eigenvalue weighted by atomic mass is 16.4. The Hall–Kier alpha value is -3.97. The highest BCUT2D eigenvalue weighted by Crippen LogP contribution is 2.18. The van der Waals surface area contributed by atoms with Crippen LogP contribution in [0, 0.1) is 5.92 Å². The fourth-order valence-corrected chi connectivity index (χ4v) is 3.91. The van der Waals surface area contributed by atoms with Crippen molar-refractivity contribution in [3.8, 4) is 0 Å². The summed E-state index contributed by atoms with van der Waals surface area (Å²) in [7, 11) is 0. The third kappa shape index (κ3) is 8.56. The van der Waals surface area contributed by atoms with E-state index in [2.05, 4.69) is 20.9 Å². The van der Waals surface area contributed by atoms with Gasteiger partial charge in [-0.25, -0.2) is 4.79 Å². The van der Waals surface area contributed by atoms with Crippen LogP contribution < -0.4 is 21.7 Å². The van der Waals surface area contributed by atoms with Crippen molar-refractivity contribution in [2.75, 3.05) is 0 Å². The van der Waals surface area contributed by atoms with Gasteiger partial charge in [-0.2, -0.15) is 0 Å². The number of amides is 3. The number of carbonyl (C=O) groups excluding carboxylic acids is 3. The van der Waals surface area contributed by atoms with Crippen molar-refractivity contribution >= 4 is 40.6 Å². The monoisotopic (exact) mass is 533 g/mol. The molecule has 0 saturated heterocycles. The smallest absolute Gasteiger partial charge is 0.326 e. The van der Waals surface area contributed by atoms with Crippen LogP contribution in [-0.4, -0.2) is 80.2 Å². The molecule has 2 aromatic rings. The molecule has 3 amide bonds. The number of carboxylic acid groups (broad SMARTS) is 2. The molecule has 13 nitrogen and oxygen atoms in total. The fraction of sp³-hybridized carbons (Fsp3) is 0.480. The maximum Gasteiger partial charge on any atom is 0.326 e. The first kappa shape index (κ1) is 30.3. The molecule has 208 valence electrons. The Balaban J connectivity index is 2.11. The Bertz CT molecular complexity index is 1160. The van der Waals surface area contributed by atoms with Crippen molar-refractivity contribution in [1.82, 2.24) is 20.9 Å². The average Bonchev–Trinajstić information content (AvgIpc) is 3.23. The lowest BCUT2D eigenvalue weighted by Crippen LogP contribution is -2.60. The molecule has 0 radical (unpaired) electrons. The number of hydrogen-bond donors (Lipinski definition) is 8. The summed E-state index contributed by atoms with van der Waals surface area (Å²) in [6.07, 6.45) is -0.376. The quantitative estimate of drug-likeness (QED) is 0.156. The van der Waals surface area contributed by atoms with Gasteiger partial charge in [-0.3, -0.25) is 19.2 Å². The molecule has 0 aliphatic heterocycles. The van der Waals surface area contributed by atoms with Crippen molar-refractivity contribution < 1.29 is 39.3 Å². The van der Waals surface area contributed by atoms with Crippen LogP contribution in [0.5, 0.6) is 0 Å². The van der Waals surface area contributed by atoms with Crippen LogP contribution in [-0.2, 0) is 30.4 Å². The van der Waals surface area contributed by atoms with E-state index in [9.17, 15) is 39.3 Å². The summed E-state index contributed by atoms with van der Waals surface area (Å²) in [6.45, 7) is 4.72. The van der Waals surface area contributed by atoms with E-state index in [1.165, 1.54) is 6.92 Å². The largest absolute Gasteiger partial charge is 0.481 e. The SMILES string of the molecule is CC(C)CC(NC(=O)C(NC(=O)C(CC(=O)O)NC(=O)C(N)Cc1c[nH]c2ccccc12)C(C)O)C(=O)O. The zero-order chi connectivity index (χ0) is 28.6. The van der Waals surface area contributed by atoms with E-state index in [4.69, 9.17) is 5.73 Å². The minimum Gasteiger partial charge on any atom is -0.481 e. The van der Waals surface area contributed by atoms with Crippen molar-refractivity contribution in [2.24, 2.45) is 11.7 Å². The summed E-state index contributed by atoms with van der Waals surface area (Å²) in [5.41, 5.74) is 7.63. The number of aromatic nitrogens is 1. The van der Waals surface area contributed by atoms with Gasteiger partial charge in [0.05, 0.1) is 18.6 Å². The van der Waals surface area contributed by atoms with E-state index in [1.54, 1.807) is 20.0 Å². The van der Waals surface area contributed by atoms with E-state index in [-0.39, 0.29) is 18.8 Å². The number of rotatable bonds is 14. The molecule has 0 saturated carbocycles. The number of para-hydroxylation sites is 1. The van der Waals surface area contributed by atoms with Crippen molar-refractivity contribution in [1.29, 1.82) is 0 Å². The van der Waals surface area contributed by atoms with Gasteiger partial charge in [0.15, 0.2) is 0 Å². The van der Waals surface area contributed by atoms with Gasteiger partial charge in [-0.05, 0) is 37.3 Å². The molecular weight excluding hydrogens is 498 g/mol. The van der Waals surface area contributed by atoms with Gasteiger partial charge in [0.1, 0.15) is 18.1 Å². The Morgan fingerprint density at radius 3 is 2.13 bits per heavy atom. The van der Waals surface area contributed by atoms with Gasteiger partial charge in [-0.15, -0.1) is 0 Å². The number of nitrogens with two attached hydrogens (primary N) is 1. The zero-order valence-corrected chi connectivity index (χ0v) is 21.4. The van der Waals surface area contributed by atoms with Crippen LogP contribution in [0.2, 0.25) is 0 Å². The molecule has 38 heavy (non-hydrogen) atoms. The topological polar surface area (TPSA) is 224 Å². The predicted octanol–water partition coefficient (Wildman–Crippen LogP) is -0.522. The second kappa shape index (κ2) is 13.5. The number of carbonyl (C=O) groups is 5. The summed E-state index contributed by atoms with van der Waals surface area (Å²) in [5, 5.41) is 36.4. The van der Waals surface area contributed by atoms with Crippen molar-refractivity contribution in [3.05, 3.63) is 36.0 Å². The number of H-pyrrole nitrogens is 1. The minimum atomic E-state index is -1.62. The molecule has 1 heterocycles. The fourth-order valence-electron chi connectivity index (χ4n) is 3.91.